The quantitative estimate of drug-likeness (QED) is 0.913. The van der Waals surface area contributed by atoms with E-state index in [1.165, 1.54) is 6.39 Å². The van der Waals surface area contributed by atoms with Crippen LogP contribution in [0.2, 0.25) is 0 Å². The minimum Gasteiger partial charge on any atom is -0.448 e. The molecule has 0 aliphatic heterocycles. The highest BCUT2D eigenvalue weighted by atomic mass is 32.1. The monoisotopic (exact) mass is 279 g/mol. The van der Waals surface area contributed by atoms with Gasteiger partial charge in [0.1, 0.15) is 5.76 Å². The molecule has 19 heavy (non-hydrogen) atoms. The third-order valence-electron chi connectivity index (χ3n) is 2.77. The summed E-state index contributed by atoms with van der Waals surface area (Å²) in [7, 11) is 0. The fraction of sp³-hybridized carbons (Fsp3) is 0.462. The van der Waals surface area contributed by atoms with Crippen LogP contribution in [0.1, 0.15) is 45.2 Å². The van der Waals surface area contributed by atoms with Crippen molar-refractivity contribution in [2.24, 2.45) is 0 Å². The SMILES string of the molecule is CCCc1nc(C)c(CNC(=O)c2ncoc2C)s1. The number of hydrogen-bond acceptors (Lipinski definition) is 5. The molecular formula is C13H17N3O2S. The third-order valence-corrected chi connectivity index (χ3v) is 3.99. The molecule has 102 valence electrons. The summed E-state index contributed by atoms with van der Waals surface area (Å²) in [4.78, 5) is 21.4. The first-order chi connectivity index (χ1) is 9.11. The van der Waals surface area contributed by atoms with Gasteiger partial charge in [-0.3, -0.25) is 4.79 Å². The molecule has 0 fully saturated rings. The van der Waals surface area contributed by atoms with E-state index in [2.05, 4.69) is 22.2 Å². The van der Waals surface area contributed by atoms with Gasteiger partial charge in [0, 0.05) is 4.88 Å². The van der Waals surface area contributed by atoms with Gasteiger partial charge in [0.25, 0.3) is 5.91 Å². The Kier molecular flexibility index (Phi) is 4.31. The first-order valence-electron chi connectivity index (χ1n) is 6.25. The Morgan fingerprint density at radius 1 is 1.47 bits per heavy atom. The van der Waals surface area contributed by atoms with Crippen molar-refractivity contribution in [3.8, 4) is 0 Å². The molecule has 1 amide bonds. The minimum absolute atomic E-state index is 0.212. The van der Waals surface area contributed by atoms with Crippen molar-refractivity contribution in [3.63, 3.8) is 0 Å². The topological polar surface area (TPSA) is 68.0 Å². The minimum atomic E-state index is -0.212. The van der Waals surface area contributed by atoms with Crippen LogP contribution in [0, 0.1) is 13.8 Å². The Morgan fingerprint density at radius 2 is 2.26 bits per heavy atom. The molecule has 5 nitrogen and oxygen atoms in total. The Balaban J connectivity index is 1.99. The van der Waals surface area contributed by atoms with Gasteiger partial charge in [0.2, 0.25) is 0 Å². The Bertz CT molecular complexity index is 574. The van der Waals surface area contributed by atoms with Crippen molar-refractivity contribution in [1.29, 1.82) is 0 Å². The number of oxazole rings is 1. The molecule has 1 N–H and O–H groups in total. The summed E-state index contributed by atoms with van der Waals surface area (Å²) >= 11 is 1.66. The number of carbonyl (C=O) groups is 1. The van der Waals surface area contributed by atoms with E-state index in [0.717, 1.165) is 28.4 Å². The van der Waals surface area contributed by atoms with E-state index in [9.17, 15) is 4.79 Å². The molecule has 0 saturated heterocycles. The standard InChI is InChI=1S/C13H17N3O2S/c1-4-5-11-16-8(2)10(19-11)6-14-13(17)12-9(3)18-7-15-12/h7H,4-6H2,1-3H3,(H,14,17). The van der Waals surface area contributed by atoms with Gasteiger partial charge in [0.15, 0.2) is 12.1 Å². The summed E-state index contributed by atoms with van der Waals surface area (Å²) in [5.41, 5.74) is 1.33. The number of aromatic nitrogens is 2. The maximum atomic E-state index is 11.9. The molecule has 0 unspecified atom stereocenters. The van der Waals surface area contributed by atoms with Crippen molar-refractivity contribution in [1.82, 2.24) is 15.3 Å². The highest BCUT2D eigenvalue weighted by molar-refractivity contribution is 7.11. The molecule has 0 saturated carbocycles. The van der Waals surface area contributed by atoms with Crippen LogP contribution in [0.3, 0.4) is 0 Å². The highest BCUT2D eigenvalue weighted by Crippen LogP contribution is 2.19. The average molecular weight is 279 g/mol. The summed E-state index contributed by atoms with van der Waals surface area (Å²) in [6, 6.07) is 0. The Labute approximate surface area is 116 Å². The normalized spacial score (nSPS) is 10.7. The summed E-state index contributed by atoms with van der Waals surface area (Å²) in [6.45, 7) is 6.31. The molecule has 0 aliphatic rings. The van der Waals surface area contributed by atoms with Gasteiger partial charge >= 0.3 is 0 Å². The van der Waals surface area contributed by atoms with Crippen LogP contribution < -0.4 is 5.32 Å². The van der Waals surface area contributed by atoms with Crippen molar-refractivity contribution in [3.05, 3.63) is 33.4 Å². The van der Waals surface area contributed by atoms with E-state index in [1.807, 2.05) is 6.92 Å². The molecule has 0 atom stereocenters. The fourth-order valence-corrected chi connectivity index (χ4v) is 2.85. The molecule has 0 aromatic carbocycles. The Hall–Kier alpha value is -1.69. The molecule has 0 bridgehead atoms. The highest BCUT2D eigenvalue weighted by Gasteiger charge is 2.14. The van der Waals surface area contributed by atoms with Crippen LogP contribution in [0.25, 0.3) is 0 Å². The number of hydrogen-bond donors (Lipinski definition) is 1. The summed E-state index contributed by atoms with van der Waals surface area (Å²) in [6.07, 6.45) is 3.35. The van der Waals surface area contributed by atoms with Gasteiger partial charge in [-0.2, -0.15) is 0 Å². The molecule has 2 rings (SSSR count). The maximum Gasteiger partial charge on any atom is 0.273 e. The maximum absolute atomic E-state index is 11.9. The molecule has 6 heteroatoms. The smallest absolute Gasteiger partial charge is 0.273 e. The van der Waals surface area contributed by atoms with E-state index in [1.54, 1.807) is 18.3 Å². The van der Waals surface area contributed by atoms with Crippen molar-refractivity contribution in [2.45, 2.75) is 40.2 Å². The van der Waals surface area contributed by atoms with Crippen LogP contribution in [-0.4, -0.2) is 15.9 Å². The molecule has 0 radical (unpaired) electrons. The van der Waals surface area contributed by atoms with E-state index in [4.69, 9.17) is 4.42 Å². The van der Waals surface area contributed by atoms with Crippen LogP contribution in [0.5, 0.6) is 0 Å². The lowest BCUT2D eigenvalue weighted by Crippen LogP contribution is -2.23. The number of rotatable bonds is 5. The van der Waals surface area contributed by atoms with Crippen molar-refractivity contribution >= 4 is 17.2 Å². The van der Waals surface area contributed by atoms with E-state index < -0.39 is 0 Å². The summed E-state index contributed by atoms with van der Waals surface area (Å²) < 4.78 is 5.02. The average Bonchev–Trinajstić information content (AvgIpc) is 2.93. The predicted octanol–water partition coefficient (Wildman–Crippen LogP) is 2.63. The van der Waals surface area contributed by atoms with E-state index in [0.29, 0.717) is 18.0 Å². The second-order valence-electron chi connectivity index (χ2n) is 4.31. The van der Waals surface area contributed by atoms with Gasteiger partial charge in [-0.15, -0.1) is 11.3 Å². The second-order valence-corrected chi connectivity index (χ2v) is 5.47. The number of thiazole rings is 1. The summed E-state index contributed by atoms with van der Waals surface area (Å²) in [5.74, 6) is 0.321. The van der Waals surface area contributed by atoms with Gasteiger partial charge < -0.3 is 9.73 Å². The molecular weight excluding hydrogens is 262 g/mol. The van der Waals surface area contributed by atoms with Crippen molar-refractivity contribution < 1.29 is 9.21 Å². The molecule has 2 aromatic heterocycles. The zero-order valence-electron chi connectivity index (χ0n) is 11.3. The Morgan fingerprint density at radius 3 is 2.89 bits per heavy atom. The third kappa shape index (κ3) is 3.20. The molecule has 0 aliphatic carbocycles. The zero-order valence-corrected chi connectivity index (χ0v) is 12.1. The zero-order chi connectivity index (χ0) is 13.8. The van der Waals surface area contributed by atoms with E-state index >= 15 is 0 Å². The first-order valence-corrected chi connectivity index (χ1v) is 7.07. The molecule has 2 aromatic rings. The van der Waals surface area contributed by atoms with Crippen LogP contribution in [0.4, 0.5) is 0 Å². The largest absolute Gasteiger partial charge is 0.448 e. The lowest BCUT2D eigenvalue weighted by Gasteiger charge is -2.01. The molecule has 0 spiro atoms. The van der Waals surface area contributed by atoms with E-state index in [-0.39, 0.29) is 5.91 Å². The van der Waals surface area contributed by atoms with Gasteiger partial charge in [-0.05, 0) is 26.7 Å². The lowest BCUT2D eigenvalue weighted by atomic mass is 10.3. The number of amides is 1. The number of nitrogens with one attached hydrogen (secondary N) is 1. The van der Waals surface area contributed by atoms with Gasteiger partial charge in [-0.25, -0.2) is 9.97 Å². The number of nitrogens with zero attached hydrogens (tertiary/aromatic N) is 2. The lowest BCUT2D eigenvalue weighted by molar-refractivity contribution is 0.0945. The first kappa shape index (κ1) is 13.7. The second kappa shape index (κ2) is 5.97. The van der Waals surface area contributed by atoms with Crippen LogP contribution in [0.15, 0.2) is 10.8 Å². The van der Waals surface area contributed by atoms with Crippen molar-refractivity contribution in [2.75, 3.05) is 0 Å². The fourth-order valence-electron chi connectivity index (χ4n) is 1.74. The van der Waals surface area contributed by atoms with Gasteiger partial charge in [-0.1, -0.05) is 6.92 Å². The van der Waals surface area contributed by atoms with Crippen LogP contribution >= 0.6 is 11.3 Å². The predicted molar refractivity (Wildman–Crippen MR) is 73.3 cm³/mol. The molecule has 2 heterocycles. The summed E-state index contributed by atoms with van der Waals surface area (Å²) in [5, 5.41) is 3.97. The number of aryl methyl sites for hydroxylation is 3. The number of carbonyl (C=O) groups excluding carboxylic acids is 1. The van der Waals surface area contributed by atoms with Crippen LogP contribution in [-0.2, 0) is 13.0 Å². The van der Waals surface area contributed by atoms with Gasteiger partial charge in [0.05, 0.1) is 17.2 Å².